The second-order valence-corrected chi connectivity index (χ2v) is 9.68. The van der Waals surface area contributed by atoms with Crippen LogP contribution < -0.4 is 5.32 Å². The van der Waals surface area contributed by atoms with E-state index >= 15 is 0 Å². The predicted octanol–water partition coefficient (Wildman–Crippen LogP) is 3.38. The lowest BCUT2D eigenvalue weighted by Gasteiger charge is -2.45. The first-order chi connectivity index (χ1) is 13.8. The number of carbonyl (C=O) groups is 2. The first kappa shape index (κ1) is 20.2. The molecule has 1 aromatic carbocycles. The third-order valence-corrected chi connectivity index (χ3v) is 7.54. The minimum atomic E-state index is -0.791. The van der Waals surface area contributed by atoms with Crippen molar-refractivity contribution >= 4 is 12.0 Å². The van der Waals surface area contributed by atoms with E-state index in [1.807, 2.05) is 0 Å². The number of nitrogens with zero attached hydrogens (tertiary/aromatic N) is 2. The van der Waals surface area contributed by atoms with Crippen LogP contribution in [0.4, 0.5) is 4.79 Å². The van der Waals surface area contributed by atoms with Gasteiger partial charge in [0.2, 0.25) is 5.91 Å². The minimum Gasteiger partial charge on any atom is -0.465 e. The van der Waals surface area contributed by atoms with E-state index in [1.165, 1.54) is 11.1 Å². The molecular weight excluding hydrogens is 366 g/mol. The third kappa shape index (κ3) is 4.00. The molecule has 2 amide bonds. The first-order valence-corrected chi connectivity index (χ1v) is 10.9. The molecule has 0 bridgehead atoms. The molecule has 0 aromatic heterocycles. The molecule has 2 aliphatic heterocycles. The molecule has 1 aliphatic carbocycles. The van der Waals surface area contributed by atoms with Gasteiger partial charge >= 0.3 is 6.09 Å². The second kappa shape index (κ2) is 7.63. The van der Waals surface area contributed by atoms with Crippen LogP contribution in [0.15, 0.2) is 24.3 Å². The number of benzene rings is 1. The number of likely N-dealkylation sites (tertiary alicyclic amines) is 2. The SMILES string of the molecule is CC(=O)NC1CC2(CCN(CC3(C)CCN(C(=O)O)CC3)CC2)c2ccccc21. The van der Waals surface area contributed by atoms with Gasteiger partial charge < -0.3 is 20.2 Å². The predicted molar refractivity (Wildman–Crippen MR) is 112 cm³/mol. The van der Waals surface area contributed by atoms with Crippen LogP contribution in [-0.2, 0) is 10.2 Å². The third-order valence-electron chi connectivity index (χ3n) is 7.54. The fourth-order valence-corrected chi connectivity index (χ4v) is 5.82. The van der Waals surface area contributed by atoms with E-state index in [4.69, 9.17) is 0 Å². The Labute approximate surface area is 173 Å². The Bertz CT molecular complexity index is 777. The normalized spacial score (nSPS) is 25.6. The number of hydrogen-bond donors (Lipinski definition) is 2. The lowest BCUT2D eigenvalue weighted by molar-refractivity contribution is -0.119. The summed E-state index contributed by atoms with van der Waals surface area (Å²) in [5.74, 6) is 0.0416. The molecule has 1 aromatic rings. The average molecular weight is 400 g/mol. The van der Waals surface area contributed by atoms with Gasteiger partial charge in [-0.2, -0.15) is 0 Å². The molecule has 3 aliphatic rings. The van der Waals surface area contributed by atoms with Crippen LogP contribution in [0.1, 0.15) is 63.1 Å². The Morgan fingerprint density at radius 3 is 2.38 bits per heavy atom. The van der Waals surface area contributed by atoms with E-state index in [9.17, 15) is 14.7 Å². The summed E-state index contributed by atoms with van der Waals surface area (Å²) in [6.07, 6.45) is 4.34. The molecule has 2 heterocycles. The zero-order chi connectivity index (χ0) is 20.6. The van der Waals surface area contributed by atoms with E-state index < -0.39 is 6.09 Å². The summed E-state index contributed by atoms with van der Waals surface area (Å²) >= 11 is 0. The van der Waals surface area contributed by atoms with Crippen LogP contribution in [0, 0.1) is 5.41 Å². The topological polar surface area (TPSA) is 72.9 Å². The number of carbonyl (C=O) groups excluding carboxylic acids is 1. The molecule has 2 saturated heterocycles. The molecule has 6 heteroatoms. The van der Waals surface area contributed by atoms with Crippen molar-refractivity contribution in [3.05, 3.63) is 35.4 Å². The molecular formula is C23H33N3O3. The van der Waals surface area contributed by atoms with Gasteiger partial charge in [0, 0.05) is 32.0 Å². The number of rotatable bonds is 3. The number of piperidine rings is 2. The summed E-state index contributed by atoms with van der Waals surface area (Å²) in [6, 6.07) is 8.77. The van der Waals surface area contributed by atoms with E-state index in [0.717, 1.165) is 51.7 Å². The monoisotopic (exact) mass is 399 g/mol. The Kier molecular flexibility index (Phi) is 5.32. The zero-order valence-electron chi connectivity index (χ0n) is 17.6. The highest BCUT2D eigenvalue weighted by molar-refractivity contribution is 5.74. The fourth-order valence-electron chi connectivity index (χ4n) is 5.82. The van der Waals surface area contributed by atoms with Crippen molar-refractivity contribution in [2.24, 2.45) is 5.41 Å². The van der Waals surface area contributed by atoms with Gasteiger partial charge in [-0.1, -0.05) is 31.2 Å². The van der Waals surface area contributed by atoms with E-state index in [-0.39, 0.29) is 22.8 Å². The smallest absolute Gasteiger partial charge is 0.407 e. The first-order valence-electron chi connectivity index (χ1n) is 10.9. The summed E-state index contributed by atoms with van der Waals surface area (Å²) in [4.78, 5) is 27.0. The van der Waals surface area contributed by atoms with Gasteiger partial charge in [0.1, 0.15) is 0 Å². The van der Waals surface area contributed by atoms with Crippen molar-refractivity contribution in [1.82, 2.24) is 15.1 Å². The Morgan fingerprint density at radius 2 is 1.76 bits per heavy atom. The molecule has 158 valence electrons. The van der Waals surface area contributed by atoms with Crippen molar-refractivity contribution in [2.45, 2.75) is 57.4 Å². The van der Waals surface area contributed by atoms with Gasteiger partial charge in [-0.05, 0) is 61.7 Å². The standard InChI is InChI=1S/C23H33N3O3/c1-17(27)24-20-15-23(19-6-4-3-5-18(19)20)9-11-25(12-10-23)16-22(2)7-13-26(14-8-22)21(28)29/h3-6,20H,7-16H2,1-2H3,(H,24,27)(H,28,29). The van der Waals surface area contributed by atoms with Crippen molar-refractivity contribution in [2.75, 3.05) is 32.7 Å². The quantitative estimate of drug-likeness (QED) is 0.817. The summed E-state index contributed by atoms with van der Waals surface area (Å²) in [5, 5.41) is 12.4. The molecule has 2 fully saturated rings. The lowest BCUT2D eigenvalue weighted by atomic mass is 9.72. The summed E-state index contributed by atoms with van der Waals surface area (Å²) < 4.78 is 0. The molecule has 2 N–H and O–H groups in total. The van der Waals surface area contributed by atoms with Gasteiger partial charge in [0.15, 0.2) is 0 Å². The molecule has 29 heavy (non-hydrogen) atoms. The van der Waals surface area contributed by atoms with Crippen LogP contribution in [0.25, 0.3) is 0 Å². The van der Waals surface area contributed by atoms with Crippen LogP contribution in [0.3, 0.4) is 0 Å². The highest BCUT2D eigenvalue weighted by Gasteiger charge is 2.46. The zero-order valence-corrected chi connectivity index (χ0v) is 17.6. The maximum absolute atomic E-state index is 11.7. The average Bonchev–Trinajstić information content (AvgIpc) is 2.97. The Balaban J connectivity index is 1.39. The minimum absolute atomic E-state index is 0.0416. The number of hydrogen-bond acceptors (Lipinski definition) is 3. The van der Waals surface area contributed by atoms with E-state index in [2.05, 4.69) is 41.4 Å². The van der Waals surface area contributed by atoms with E-state index in [1.54, 1.807) is 11.8 Å². The van der Waals surface area contributed by atoms with Crippen LogP contribution in [0.5, 0.6) is 0 Å². The maximum atomic E-state index is 11.7. The van der Waals surface area contributed by atoms with Crippen LogP contribution >= 0.6 is 0 Å². The second-order valence-electron chi connectivity index (χ2n) is 9.68. The highest BCUT2D eigenvalue weighted by atomic mass is 16.4. The van der Waals surface area contributed by atoms with Crippen LogP contribution in [0.2, 0.25) is 0 Å². The van der Waals surface area contributed by atoms with Crippen molar-refractivity contribution in [3.63, 3.8) is 0 Å². The van der Waals surface area contributed by atoms with Gasteiger partial charge in [0.25, 0.3) is 0 Å². The molecule has 1 spiro atoms. The molecule has 1 unspecified atom stereocenters. The number of nitrogens with one attached hydrogen (secondary N) is 1. The Hall–Kier alpha value is -2.08. The highest BCUT2D eigenvalue weighted by Crippen LogP contribution is 2.51. The maximum Gasteiger partial charge on any atom is 0.407 e. The summed E-state index contributed by atoms with van der Waals surface area (Å²) in [6.45, 7) is 8.40. The Morgan fingerprint density at radius 1 is 1.10 bits per heavy atom. The number of fused-ring (bicyclic) bond motifs is 2. The number of amides is 2. The largest absolute Gasteiger partial charge is 0.465 e. The molecule has 0 saturated carbocycles. The lowest BCUT2D eigenvalue weighted by Crippen LogP contribution is -2.49. The van der Waals surface area contributed by atoms with Gasteiger partial charge in [-0.15, -0.1) is 0 Å². The van der Waals surface area contributed by atoms with Gasteiger partial charge in [-0.25, -0.2) is 4.79 Å². The summed E-state index contributed by atoms with van der Waals surface area (Å²) in [7, 11) is 0. The van der Waals surface area contributed by atoms with Crippen molar-refractivity contribution < 1.29 is 14.7 Å². The van der Waals surface area contributed by atoms with Crippen molar-refractivity contribution in [1.29, 1.82) is 0 Å². The van der Waals surface area contributed by atoms with Crippen LogP contribution in [-0.4, -0.2) is 59.6 Å². The molecule has 0 radical (unpaired) electrons. The van der Waals surface area contributed by atoms with Gasteiger partial charge in [-0.3, -0.25) is 4.79 Å². The summed E-state index contributed by atoms with van der Waals surface area (Å²) in [5.41, 5.74) is 3.10. The van der Waals surface area contributed by atoms with Crippen molar-refractivity contribution in [3.8, 4) is 0 Å². The van der Waals surface area contributed by atoms with E-state index in [0.29, 0.717) is 13.1 Å². The number of carboxylic acid groups (broad SMARTS) is 1. The fraction of sp³-hybridized carbons (Fsp3) is 0.652. The molecule has 1 atom stereocenters. The van der Waals surface area contributed by atoms with Gasteiger partial charge in [0.05, 0.1) is 6.04 Å². The molecule has 6 nitrogen and oxygen atoms in total. The molecule has 4 rings (SSSR count).